The van der Waals surface area contributed by atoms with Crippen LogP contribution in [0.15, 0.2) is 60.7 Å². The number of likely N-dealkylation sites (N-methyl/N-ethyl adjacent to an activating group) is 1. The van der Waals surface area contributed by atoms with Crippen molar-refractivity contribution < 1.29 is 43.3 Å². The lowest BCUT2D eigenvalue weighted by Crippen LogP contribution is -2.47. The zero-order valence-corrected chi connectivity index (χ0v) is 42.4. The average molecular weight is 988 g/mol. The Hall–Kier alpha value is -6.91. The molecule has 1 aromatic heterocycles. The van der Waals surface area contributed by atoms with E-state index in [1.54, 1.807) is 57.2 Å². The number of nitrogens with zero attached hydrogens (tertiary/aromatic N) is 4. The molecule has 0 radical (unpaired) electrons. The van der Waals surface area contributed by atoms with Gasteiger partial charge in [0.25, 0.3) is 5.91 Å². The molecule has 1 aliphatic rings. The maximum Gasteiger partial charge on any atom is 0.255 e. The lowest BCUT2D eigenvalue weighted by molar-refractivity contribution is -0.144. The largest absolute Gasteiger partial charge is 0.492 e. The van der Waals surface area contributed by atoms with Crippen LogP contribution in [0.4, 0.5) is 0 Å². The fourth-order valence-electron chi connectivity index (χ4n) is 8.78. The molecule has 1 aliphatic heterocycles. The van der Waals surface area contributed by atoms with Crippen molar-refractivity contribution in [1.29, 1.82) is 5.26 Å². The van der Waals surface area contributed by atoms with E-state index in [1.807, 2.05) is 30.3 Å². The molecule has 0 spiro atoms. The van der Waals surface area contributed by atoms with E-state index in [0.717, 1.165) is 11.1 Å². The topological polar surface area (TPSA) is 296 Å². The number of aryl methyl sites for hydroxylation is 2. The average Bonchev–Trinajstić information content (AvgIpc) is 3.34. The van der Waals surface area contributed by atoms with Gasteiger partial charge in [0, 0.05) is 74.3 Å². The van der Waals surface area contributed by atoms with Crippen LogP contribution in [-0.4, -0.2) is 114 Å². The van der Waals surface area contributed by atoms with Crippen LogP contribution in [0.1, 0.15) is 104 Å². The van der Waals surface area contributed by atoms with Gasteiger partial charge in [0.1, 0.15) is 36.8 Å². The molecular weight excluding hydrogens is 919 g/mol. The Morgan fingerprint density at radius 2 is 1.51 bits per heavy atom. The number of nitriles is 1. The summed E-state index contributed by atoms with van der Waals surface area (Å²) in [5.41, 5.74) is 22.4. The third-order valence-electron chi connectivity index (χ3n) is 12.7. The number of aromatic nitrogens is 2. The summed E-state index contributed by atoms with van der Waals surface area (Å²) in [7, 11) is 1.42. The van der Waals surface area contributed by atoms with Crippen LogP contribution in [0, 0.1) is 37.0 Å². The molecule has 4 bridgehead atoms. The number of benzene rings is 3. The fraction of sp³-hybridized carbons (Fsp3) is 0.463. The second-order valence-electron chi connectivity index (χ2n) is 19.2. The predicted octanol–water partition coefficient (Wildman–Crippen LogP) is 4.12. The van der Waals surface area contributed by atoms with Crippen LogP contribution in [0.2, 0.25) is 0 Å². The zero-order valence-electron chi connectivity index (χ0n) is 42.4. The molecule has 9 N–H and O–H groups in total. The van der Waals surface area contributed by atoms with Crippen molar-refractivity contribution in [3.05, 3.63) is 94.3 Å². The number of Topliss-reactive ketones (excluding diaryl/α,β-unsaturated/α-hetero) is 3. The number of amides is 3. The first kappa shape index (κ1) is 56.0. The molecule has 0 saturated carbocycles. The molecule has 3 amide bonds. The minimum Gasteiger partial charge on any atom is -0.492 e. The Morgan fingerprint density at radius 3 is 2.08 bits per heavy atom. The van der Waals surface area contributed by atoms with Crippen molar-refractivity contribution in [2.75, 3.05) is 46.5 Å². The van der Waals surface area contributed by atoms with E-state index in [2.05, 4.69) is 41.4 Å². The third kappa shape index (κ3) is 13.9. The maximum atomic E-state index is 14.8. The lowest BCUT2D eigenvalue weighted by Gasteiger charge is -2.32. The number of carbonyl (C=O) groups excluding carboxylic acids is 6. The number of hydrogen-bond donors (Lipinski definition) is 6. The number of aliphatic hydroxyl groups is 1. The second kappa shape index (κ2) is 25.5. The van der Waals surface area contributed by atoms with Crippen LogP contribution >= 0.6 is 0 Å². The van der Waals surface area contributed by atoms with E-state index in [1.165, 1.54) is 11.9 Å². The van der Waals surface area contributed by atoms with E-state index in [-0.39, 0.29) is 81.7 Å². The normalized spacial score (nSPS) is 16.8. The fourth-order valence-corrected chi connectivity index (χ4v) is 8.78. The Bertz CT molecular complexity index is 2640. The minimum atomic E-state index is -1.43. The summed E-state index contributed by atoms with van der Waals surface area (Å²) in [5.74, 6) is -4.38. The smallest absolute Gasteiger partial charge is 0.255 e. The number of aliphatic hydroxyl groups excluding tert-OH is 1. The van der Waals surface area contributed by atoms with Crippen LogP contribution < -0.4 is 37.3 Å². The monoisotopic (exact) mass is 988 g/mol. The Kier molecular flexibility index (Phi) is 19.8. The van der Waals surface area contributed by atoms with Gasteiger partial charge in [0.2, 0.25) is 11.8 Å². The van der Waals surface area contributed by atoms with Gasteiger partial charge in [-0.2, -0.15) is 5.26 Å². The SMILES string of the molecule is Cc1nc(-c2ccc(C(C)(C)C)cc2)nc(C)c1C(=O)N[C@H](CO)C(=O)C[C@@H](CCN)C(=O)N(C)[C@@H]1C(=O)C[C@@H](C)C(=O)N[C@H](C(=O)CCC#N)Cc2ccc(OCCN)c(c2)-c2cc1ccc2OCCN. The summed E-state index contributed by atoms with van der Waals surface area (Å²) in [6.07, 6.45) is -0.932. The zero-order chi connectivity index (χ0) is 52.9. The highest BCUT2D eigenvalue weighted by atomic mass is 16.5. The number of carbonyl (C=O) groups is 6. The van der Waals surface area contributed by atoms with E-state index in [9.17, 15) is 39.1 Å². The van der Waals surface area contributed by atoms with Gasteiger partial charge in [-0.15, -0.1) is 0 Å². The van der Waals surface area contributed by atoms with Crippen molar-refractivity contribution in [2.24, 2.45) is 29.0 Å². The standard InChI is InChI=1S/C54H69N9O9/c1-31-25-45(67)49(36-13-17-47(72-24-22-58)40(28-36)39-26-34(10-16-46(39)71-23-21-57)27-41(61-51(31)68)43(65)9-8-19-55)63(7)53(70)37(18-20-56)29-44(66)42(30-64)62-52(69)48-32(2)59-50(60-33(48)3)35-11-14-38(15-12-35)54(4,5)6/h10-17,26,28,31,37,41-42,49,64H,8-9,18,20-25,27,29-30,56-58H2,1-7H3,(H,61,68)(H,62,69)/t31-,37-,41+,42-,49+/m1/s1. The summed E-state index contributed by atoms with van der Waals surface area (Å²) in [6.45, 7) is 11.0. The molecule has 0 fully saturated rings. The highest BCUT2D eigenvalue weighted by molar-refractivity contribution is 6.01. The number of fused-ring (bicyclic) bond motifs is 5. The molecule has 18 nitrogen and oxygen atoms in total. The van der Waals surface area contributed by atoms with Gasteiger partial charge in [-0.25, -0.2) is 9.97 Å². The molecule has 0 saturated heterocycles. The molecule has 0 unspecified atom stereocenters. The van der Waals surface area contributed by atoms with E-state index < -0.39 is 72.3 Å². The van der Waals surface area contributed by atoms with Crippen LogP contribution in [0.3, 0.4) is 0 Å². The summed E-state index contributed by atoms with van der Waals surface area (Å²) >= 11 is 0. The van der Waals surface area contributed by atoms with Crippen molar-refractivity contribution >= 4 is 35.1 Å². The first-order chi connectivity index (χ1) is 34.3. The van der Waals surface area contributed by atoms with Crippen molar-refractivity contribution in [3.8, 4) is 40.1 Å². The highest BCUT2D eigenvalue weighted by Gasteiger charge is 2.37. The van der Waals surface area contributed by atoms with E-state index in [0.29, 0.717) is 51.0 Å². The molecule has 72 heavy (non-hydrogen) atoms. The number of ether oxygens (including phenoxy) is 2. The first-order valence-corrected chi connectivity index (χ1v) is 24.3. The van der Waals surface area contributed by atoms with Crippen LogP contribution in [0.25, 0.3) is 22.5 Å². The Labute approximate surface area is 421 Å². The van der Waals surface area contributed by atoms with Crippen LogP contribution in [-0.2, 0) is 35.8 Å². The third-order valence-corrected chi connectivity index (χ3v) is 12.7. The maximum absolute atomic E-state index is 14.8. The summed E-state index contributed by atoms with van der Waals surface area (Å²) in [4.78, 5) is 95.2. The van der Waals surface area contributed by atoms with Gasteiger partial charge in [-0.3, -0.25) is 28.8 Å². The molecule has 5 rings (SSSR count). The van der Waals surface area contributed by atoms with Gasteiger partial charge in [-0.05, 0) is 79.6 Å². The molecular formula is C54H69N9O9. The number of nitrogens with one attached hydrogen (secondary N) is 2. The van der Waals surface area contributed by atoms with Gasteiger partial charge in [0.05, 0.1) is 35.7 Å². The lowest BCUT2D eigenvalue weighted by atomic mass is 9.86. The molecule has 3 aromatic carbocycles. The summed E-state index contributed by atoms with van der Waals surface area (Å²) in [6, 6.07) is 16.3. The molecule has 4 aromatic rings. The molecule has 18 heteroatoms. The van der Waals surface area contributed by atoms with Crippen molar-refractivity contribution in [3.63, 3.8) is 0 Å². The van der Waals surface area contributed by atoms with Gasteiger partial charge in [0.15, 0.2) is 23.2 Å². The first-order valence-electron chi connectivity index (χ1n) is 24.3. The van der Waals surface area contributed by atoms with Gasteiger partial charge < -0.3 is 47.3 Å². The summed E-state index contributed by atoms with van der Waals surface area (Å²) < 4.78 is 12.2. The number of ketones is 3. The van der Waals surface area contributed by atoms with Crippen molar-refractivity contribution in [2.45, 2.75) is 104 Å². The van der Waals surface area contributed by atoms with E-state index >= 15 is 0 Å². The second-order valence-corrected chi connectivity index (χ2v) is 19.2. The number of nitrogens with two attached hydrogens (primary N) is 3. The van der Waals surface area contributed by atoms with E-state index in [4.69, 9.17) is 26.7 Å². The van der Waals surface area contributed by atoms with Crippen LogP contribution in [0.5, 0.6) is 11.5 Å². The summed E-state index contributed by atoms with van der Waals surface area (Å²) in [5, 5.41) is 25.2. The Balaban J connectivity index is 1.49. The van der Waals surface area contributed by atoms with Crippen molar-refractivity contribution in [1.82, 2.24) is 25.5 Å². The minimum absolute atomic E-state index is 0.00204. The molecule has 5 atom stereocenters. The predicted molar refractivity (Wildman–Crippen MR) is 272 cm³/mol. The van der Waals surface area contributed by atoms with Gasteiger partial charge >= 0.3 is 0 Å². The molecule has 0 aliphatic carbocycles. The quantitative estimate of drug-likeness (QED) is 0.0726. The Morgan fingerprint density at radius 1 is 0.903 bits per heavy atom. The molecule has 2 heterocycles. The van der Waals surface area contributed by atoms with Gasteiger partial charge in [-0.1, -0.05) is 64.1 Å². The number of hydrogen-bond acceptors (Lipinski definition) is 15. The highest BCUT2D eigenvalue weighted by Crippen LogP contribution is 2.41. The number of rotatable bonds is 20. The molecule has 384 valence electrons.